The highest BCUT2D eigenvalue weighted by molar-refractivity contribution is 7.99. The minimum atomic E-state index is -0.638. The van der Waals surface area contributed by atoms with Crippen molar-refractivity contribution >= 4 is 23.4 Å². The van der Waals surface area contributed by atoms with Gasteiger partial charge in [-0.3, -0.25) is 14.9 Å². The maximum atomic E-state index is 13.4. The average molecular weight is 326 g/mol. The van der Waals surface area contributed by atoms with E-state index < -0.39 is 16.6 Å². The van der Waals surface area contributed by atoms with Crippen molar-refractivity contribution in [3.63, 3.8) is 0 Å². The van der Waals surface area contributed by atoms with Gasteiger partial charge in [0, 0.05) is 23.9 Å². The molecule has 1 aromatic rings. The highest BCUT2D eigenvalue weighted by atomic mass is 32.2. The fourth-order valence-electron chi connectivity index (χ4n) is 2.90. The van der Waals surface area contributed by atoms with Crippen LogP contribution in [0.1, 0.15) is 37.0 Å². The van der Waals surface area contributed by atoms with Gasteiger partial charge in [-0.15, -0.1) is 0 Å². The molecule has 1 aromatic carbocycles. The van der Waals surface area contributed by atoms with E-state index in [-0.39, 0.29) is 22.5 Å². The van der Waals surface area contributed by atoms with E-state index in [1.54, 1.807) is 16.7 Å². The first-order valence-electron chi connectivity index (χ1n) is 7.32. The number of nitro benzene ring substituents is 1. The van der Waals surface area contributed by atoms with Gasteiger partial charge in [-0.1, -0.05) is 13.8 Å². The number of amides is 1. The zero-order valence-electron chi connectivity index (χ0n) is 12.6. The molecule has 0 aromatic heterocycles. The summed E-state index contributed by atoms with van der Waals surface area (Å²) in [5, 5.41) is 11.3. The third-order valence-electron chi connectivity index (χ3n) is 3.92. The summed E-state index contributed by atoms with van der Waals surface area (Å²) >= 11 is 1.76. The van der Waals surface area contributed by atoms with Gasteiger partial charge in [0.1, 0.15) is 11.4 Å². The lowest BCUT2D eigenvalue weighted by Crippen LogP contribution is -2.40. The standard InChI is InChI=1S/C15H19FN2O3S/c1-3-22-10(2)13-5-4-8-17(13)15(19)12-9-11(16)6-7-14(12)18(20)21/h6-7,9-10,13H,3-5,8H2,1-2H3. The molecule has 1 fully saturated rings. The van der Waals surface area contributed by atoms with Gasteiger partial charge >= 0.3 is 0 Å². The highest BCUT2D eigenvalue weighted by Crippen LogP contribution is 2.30. The molecule has 1 aliphatic rings. The summed E-state index contributed by atoms with van der Waals surface area (Å²) in [6.45, 7) is 4.68. The summed E-state index contributed by atoms with van der Waals surface area (Å²) in [4.78, 5) is 24.8. The van der Waals surface area contributed by atoms with Gasteiger partial charge in [0.2, 0.25) is 0 Å². The number of carbonyl (C=O) groups is 1. The fraction of sp³-hybridized carbons (Fsp3) is 0.533. The molecular formula is C15H19FN2O3S. The Morgan fingerprint density at radius 2 is 2.32 bits per heavy atom. The molecule has 2 rings (SSSR count). The molecule has 0 aliphatic carbocycles. The molecule has 5 nitrogen and oxygen atoms in total. The van der Waals surface area contributed by atoms with E-state index in [0.29, 0.717) is 6.54 Å². The Balaban J connectivity index is 2.31. The topological polar surface area (TPSA) is 63.5 Å². The van der Waals surface area contributed by atoms with Gasteiger partial charge < -0.3 is 4.90 Å². The van der Waals surface area contributed by atoms with Crippen molar-refractivity contribution in [2.75, 3.05) is 12.3 Å². The minimum Gasteiger partial charge on any atom is -0.334 e. The lowest BCUT2D eigenvalue weighted by Gasteiger charge is -2.29. The molecular weight excluding hydrogens is 307 g/mol. The molecule has 2 unspecified atom stereocenters. The lowest BCUT2D eigenvalue weighted by atomic mass is 10.1. The molecule has 1 amide bonds. The van der Waals surface area contributed by atoms with Crippen LogP contribution in [0, 0.1) is 15.9 Å². The third kappa shape index (κ3) is 3.40. The number of hydrogen-bond donors (Lipinski definition) is 0. The number of rotatable bonds is 5. The van der Waals surface area contributed by atoms with Gasteiger partial charge in [0.15, 0.2) is 0 Å². The van der Waals surface area contributed by atoms with E-state index in [1.165, 1.54) is 0 Å². The summed E-state index contributed by atoms with van der Waals surface area (Å²) in [6.07, 6.45) is 1.75. The Morgan fingerprint density at radius 3 is 2.95 bits per heavy atom. The van der Waals surface area contributed by atoms with Crippen molar-refractivity contribution in [2.24, 2.45) is 0 Å². The van der Waals surface area contributed by atoms with Crippen molar-refractivity contribution in [2.45, 2.75) is 38.0 Å². The van der Waals surface area contributed by atoms with Crippen molar-refractivity contribution in [1.82, 2.24) is 4.90 Å². The molecule has 1 saturated heterocycles. The van der Waals surface area contributed by atoms with Gasteiger partial charge in [-0.25, -0.2) is 4.39 Å². The first-order chi connectivity index (χ1) is 10.5. The van der Waals surface area contributed by atoms with Crippen LogP contribution in [0.25, 0.3) is 0 Å². The fourth-order valence-corrected chi connectivity index (χ4v) is 3.93. The van der Waals surface area contributed by atoms with Crippen LogP contribution in [0.3, 0.4) is 0 Å². The summed E-state index contributed by atoms with van der Waals surface area (Å²) in [6, 6.07) is 3.07. The number of likely N-dealkylation sites (tertiary alicyclic amines) is 1. The minimum absolute atomic E-state index is 0.0420. The van der Waals surface area contributed by atoms with E-state index in [1.807, 2.05) is 0 Å². The Hall–Kier alpha value is -1.63. The van der Waals surface area contributed by atoms with Crippen molar-refractivity contribution in [1.29, 1.82) is 0 Å². The molecule has 22 heavy (non-hydrogen) atoms. The molecule has 0 N–H and O–H groups in total. The molecule has 0 spiro atoms. The van der Waals surface area contributed by atoms with Crippen molar-refractivity contribution < 1.29 is 14.1 Å². The number of nitrogens with zero attached hydrogens (tertiary/aromatic N) is 2. The SMILES string of the molecule is CCSC(C)C1CCCN1C(=O)c1cc(F)ccc1[N+](=O)[O-]. The summed E-state index contributed by atoms with van der Waals surface area (Å²) < 4.78 is 13.4. The third-order valence-corrected chi connectivity index (χ3v) is 5.09. The zero-order chi connectivity index (χ0) is 16.3. The average Bonchev–Trinajstić information content (AvgIpc) is 2.95. The maximum Gasteiger partial charge on any atom is 0.282 e. The zero-order valence-corrected chi connectivity index (χ0v) is 13.4. The summed E-state index contributed by atoms with van der Waals surface area (Å²) in [5.74, 6) is -0.141. The molecule has 2 atom stereocenters. The normalized spacial score (nSPS) is 19.2. The van der Waals surface area contributed by atoms with Crippen molar-refractivity contribution in [3.05, 3.63) is 39.7 Å². The number of carbonyl (C=O) groups excluding carboxylic acids is 1. The van der Waals surface area contributed by atoms with Crippen LogP contribution in [0.4, 0.5) is 10.1 Å². The van der Waals surface area contributed by atoms with E-state index in [9.17, 15) is 19.3 Å². The van der Waals surface area contributed by atoms with Crippen LogP contribution in [0.15, 0.2) is 18.2 Å². The second-order valence-corrected chi connectivity index (χ2v) is 6.94. The Morgan fingerprint density at radius 1 is 1.59 bits per heavy atom. The molecule has 1 heterocycles. The van der Waals surface area contributed by atoms with E-state index in [4.69, 9.17) is 0 Å². The van der Waals surface area contributed by atoms with Gasteiger partial charge in [0.05, 0.1) is 4.92 Å². The predicted octanol–water partition coefficient (Wildman–Crippen LogP) is 3.48. The lowest BCUT2D eigenvalue weighted by molar-refractivity contribution is -0.385. The Labute approximate surface area is 133 Å². The molecule has 0 radical (unpaired) electrons. The van der Waals surface area contributed by atoms with Crippen LogP contribution in [-0.4, -0.2) is 39.3 Å². The number of benzene rings is 1. The molecule has 1 aliphatic heterocycles. The summed E-state index contributed by atoms with van der Waals surface area (Å²) in [7, 11) is 0. The van der Waals surface area contributed by atoms with Crippen LogP contribution in [-0.2, 0) is 0 Å². The van der Waals surface area contributed by atoms with Gasteiger partial charge in [0.25, 0.3) is 11.6 Å². The summed E-state index contributed by atoms with van der Waals surface area (Å²) in [5.41, 5.74) is -0.501. The quantitative estimate of drug-likeness (QED) is 0.614. The second-order valence-electron chi connectivity index (χ2n) is 5.29. The molecule has 7 heteroatoms. The van der Waals surface area contributed by atoms with E-state index >= 15 is 0 Å². The van der Waals surface area contributed by atoms with Crippen LogP contribution in [0.2, 0.25) is 0 Å². The second kappa shape index (κ2) is 7.09. The Bertz CT molecular complexity index is 582. The first-order valence-corrected chi connectivity index (χ1v) is 8.37. The monoisotopic (exact) mass is 326 g/mol. The van der Waals surface area contributed by atoms with Crippen LogP contribution >= 0.6 is 11.8 Å². The first kappa shape index (κ1) is 16.7. The highest BCUT2D eigenvalue weighted by Gasteiger charge is 2.35. The van der Waals surface area contributed by atoms with E-state index in [0.717, 1.165) is 36.8 Å². The van der Waals surface area contributed by atoms with Crippen LogP contribution < -0.4 is 0 Å². The van der Waals surface area contributed by atoms with Gasteiger partial charge in [-0.05, 0) is 30.7 Å². The molecule has 0 saturated carbocycles. The Kier molecular flexibility index (Phi) is 5.39. The number of nitro groups is 1. The number of thioether (sulfide) groups is 1. The predicted molar refractivity (Wildman–Crippen MR) is 84.7 cm³/mol. The largest absolute Gasteiger partial charge is 0.334 e. The van der Waals surface area contributed by atoms with Crippen molar-refractivity contribution in [3.8, 4) is 0 Å². The van der Waals surface area contributed by atoms with Crippen LogP contribution in [0.5, 0.6) is 0 Å². The molecule has 120 valence electrons. The number of hydrogen-bond acceptors (Lipinski definition) is 4. The molecule has 0 bridgehead atoms. The van der Waals surface area contributed by atoms with E-state index in [2.05, 4.69) is 13.8 Å². The van der Waals surface area contributed by atoms with Gasteiger partial charge in [-0.2, -0.15) is 11.8 Å². The smallest absolute Gasteiger partial charge is 0.282 e. The number of halogens is 1. The maximum absolute atomic E-state index is 13.4.